The first-order valence-electron chi connectivity index (χ1n) is 8.17. The molecule has 1 fully saturated rings. The minimum Gasteiger partial charge on any atom is -0.507 e. The van der Waals surface area contributed by atoms with Crippen molar-refractivity contribution in [3.05, 3.63) is 84.0 Å². The molecule has 5 heteroatoms. The highest BCUT2D eigenvalue weighted by atomic mass is 16.5. The Kier molecular flexibility index (Phi) is 4.89. The quantitative estimate of drug-likeness (QED) is 0.389. The van der Waals surface area contributed by atoms with Crippen molar-refractivity contribution in [3.63, 3.8) is 0 Å². The number of benzene rings is 2. The number of ketones is 1. The summed E-state index contributed by atoms with van der Waals surface area (Å²) >= 11 is 0. The fourth-order valence-corrected chi connectivity index (χ4v) is 3.09. The average molecular weight is 349 g/mol. The number of ether oxygens (including phenoxy) is 1. The average Bonchev–Trinajstić information content (AvgIpc) is 2.93. The fourth-order valence-electron chi connectivity index (χ4n) is 3.09. The molecule has 0 bridgehead atoms. The Morgan fingerprint density at radius 3 is 2.38 bits per heavy atom. The molecule has 2 aromatic rings. The zero-order valence-corrected chi connectivity index (χ0v) is 14.4. The van der Waals surface area contributed by atoms with Crippen LogP contribution < -0.4 is 4.74 Å². The Hall–Kier alpha value is -3.34. The van der Waals surface area contributed by atoms with Crippen molar-refractivity contribution in [2.24, 2.45) is 0 Å². The molecular formula is C21H19NO4. The van der Waals surface area contributed by atoms with E-state index in [1.165, 1.54) is 4.90 Å². The minimum atomic E-state index is -0.700. The van der Waals surface area contributed by atoms with Gasteiger partial charge in [-0.05, 0) is 17.7 Å². The molecule has 0 unspecified atom stereocenters. The standard InChI is InChI=1S/C21H19NO4/c1-3-13-22-18(14-9-11-16(26-2)12-10-14)17(20(24)21(22)25)19(23)15-7-5-4-6-8-15/h3-12,18,23H,1,13H2,2H3/b19-17+/t18-/m0/s1. The van der Waals surface area contributed by atoms with Crippen molar-refractivity contribution in [1.82, 2.24) is 4.90 Å². The van der Waals surface area contributed by atoms with Crippen LogP contribution in [-0.2, 0) is 9.59 Å². The van der Waals surface area contributed by atoms with Gasteiger partial charge in [0.15, 0.2) is 0 Å². The number of carbonyl (C=O) groups is 2. The maximum Gasteiger partial charge on any atom is 0.295 e. The van der Waals surface area contributed by atoms with Crippen LogP contribution in [0.3, 0.4) is 0 Å². The second-order valence-electron chi connectivity index (χ2n) is 5.88. The van der Waals surface area contributed by atoms with E-state index in [1.807, 2.05) is 6.07 Å². The van der Waals surface area contributed by atoms with Crippen LogP contribution in [0.4, 0.5) is 0 Å². The SMILES string of the molecule is C=CCN1C(=O)C(=O)/C(=C(/O)c2ccccc2)[C@@H]1c1ccc(OC)cc1. The molecule has 3 rings (SSSR count). The molecular weight excluding hydrogens is 330 g/mol. The molecule has 1 heterocycles. The molecule has 0 saturated carbocycles. The predicted octanol–water partition coefficient (Wildman–Crippen LogP) is 3.30. The smallest absolute Gasteiger partial charge is 0.295 e. The Labute approximate surface area is 151 Å². The molecule has 0 spiro atoms. The Bertz CT molecular complexity index is 869. The number of hydrogen-bond acceptors (Lipinski definition) is 4. The van der Waals surface area contributed by atoms with Crippen LogP contribution in [0.2, 0.25) is 0 Å². The lowest BCUT2D eigenvalue weighted by Crippen LogP contribution is -2.29. The number of aliphatic hydroxyl groups is 1. The number of methoxy groups -OCH3 is 1. The van der Waals surface area contributed by atoms with Gasteiger partial charge in [-0.15, -0.1) is 6.58 Å². The van der Waals surface area contributed by atoms with Gasteiger partial charge in [-0.3, -0.25) is 9.59 Å². The van der Waals surface area contributed by atoms with Gasteiger partial charge < -0.3 is 14.7 Å². The van der Waals surface area contributed by atoms with E-state index in [0.29, 0.717) is 16.9 Å². The lowest BCUT2D eigenvalue weighted by Gasteiger charge is -2.24. The summed E-state index contributed by atoms with van der Waals surface area (Å²) in [5.41, 5.74) is 1.28. The minimum absolute atomic E-state index is 0.0771. The van der Waals surface area contributed by atoms with Gasteiger partial charge in [0, 0.05) is 12.1 Å². The largest absolute Gasteiger partial charge is 0.507 e. The molecule has 0 aliphatic carbocycles. The van der Waals surface area contributed by atoms with Crippen LogP contribution in [0.5, 0.6) is 5.75 Å². The second-order valence-corrected chi connectivity index (χ2v) is 5.88. The van der Waals surface area contributed by atoms with E-state index < -0.39 is 17.7 Å². The van der Waals surface area contributed by atoms with Crippen LogP contribution in [0.15, 0.2) is 72.8 Å². The lowest BCUT2D eigenvalue weighted by atomic mass is 9.95. The number of carbonyl (C=O) groups excluding carboxylic acids is 2. The highest BCUT2D eigenvalue weighted by Gasteiger charge is 2.45. The number of rotatable bonds is 5. The molecule has 0 radical (unpaired) electrons. The first-order chi connectivity index (χ1) is 12.6. The van der Waals surface area contributed by atoms with Crippen molar-refractivity contribution in [2.45, 2.75) is 6.04 Å². The summed E-state index contributed by atoms with van der Waals surface area (Å²) in [6.45, 7) is 3.86. The molecule has 1 aliphatic heterocycles. The number of amides is 1. The van der Waals surface area contributed by atoms with E-state index in [9.17, 15) is 14.7 Å². The van der Waals surface area contributed by atoms with Crippen LogP contribution in [0.25, 0.3) is 5.76 Å². The summed E-state index contributed by atoms with van der Waals surface area (Å²) in [6, 6.07) is 15.1. The van der Waals surface area contributed by atoms with Crippen LogP contribution in [0, 0.1) is 0 Å². The summed E-state index contributed by atoms with van der Waals surface area (Å²) in [4.78, 5) is 26.6. The molecule has 132 valence electrons. The van der Waals surface area contributed by atoms with Gasteiger partial charge in [-0.2, -0.15) is 0 Å². The van der Waals surface area contributed by atoms with Crippen molar-refractivity contribution in [3.8, 4) is 5.75 Å². The van der Waals surface area contributed by atoms with Crippen LogP contribution in [-0.4, -0.2) is 35.4 Å². The highest BCUT2D eigenvalue weighted by molar-refractivity contribution is 6.46. The highest BCUT2D eigenvalue weighted by Crippen LogP contribution is 2.39. The van der Waals surface area contributed by atoms with Gasteiger partial charge >= 0.3 is 0 Å². The van der Waals surface area contributed by atoms with Crippen LogP contribution >= 0.6 is 0 Å². The molecule has 1 amide bonds. The summed E-state index contributed by atoms with van der Waals surface area (Å²) in [7, 11) is 1.56. The van der Waals surface area contributed by atoms with Crippen molar-refractivity contribution >= 4 is 17.4 Å². The lowest BCUT2D eigenvalue weighted by molar-refractivity contribution is -0.139. The van der Waals surface area contributed by atoms with Gasteiger partial charge in [0.25, 0.3) is 11.7 Å². The van der Waals surface area contributed by atoms with Gasteiger partial charge in [0.05, 0.1) is 18.7 Å². The summed E-state index contributed by atoms with van der Waals surface area (Å²) in [5.74, 6) is -0.869. The third kappa shape index (κ3) is 2.99. The molecule has 26 heavy (non-hydrogen) atoms. The summed E-state index contributed by atoms with van der Waals surface area (Å²) < 4.78 is 5.17. The molecule has 2 aromatic carbocycles. The summed E-state index contributed by atoms with van der Waals surface area (Å²) in [5, 5.41) is 10.8. The zero-order chi connectivity index (χ0) is 18.7. The Morgan fingerprint density at radius 2 is 1.81 bits per heavy atom. The van der Waals surface area contributed by atoms with Crippen LogP contribution in [0.1, 0.15) is 17.2 Å². The van der Waals surface area contributed by atoms with Crippen molar-refractivity contribution in [2.75, 3.05) is 13.7 Å². The van der Waals surface area contributed by atoms with E-state index in [0.717, 1.165) is 0 Å². The van der Waals surface area contributed by atoms with E-state index in [1.54, 1.807) is 61.7 Å². The monoisotopic (exact) mass is 349 g/mol. The fraction of sp³-hybridized carbons (Fsp3) is 0.143. The number of likely N-dealkylation sites (tertiary alicyclic amines) is 1. The van der Waals surface area contributed by atoms with Gasteiger partial charge in [-0.25, -0.2) is 0 Å². The maximum atomic E-state index is 12.6. The Morgan fingerprint density at radius 1 is 1.15 bits per heavy atom. The maximum absolute atomic E-state index is 12.6. The third-order valence-electron chi connectivity index (χ3n) is 4.34. The van der Waals surface area contributed by atoms with E-state index in [-0.39, 0.29) is 17.9 Å². The number of aliphatic hydroxyl groups excluding tert-OH is 1. The normalized spacial score (nSPS) is 18.8. The molecule has 1 N–H and O–H groups in total. The molecule has 1 atom stereocenters. The second kappa shape index (κ2) is 7.27. The summed E-state index contributed by atoms with van der Waals surface area (Å²) in [6.07, 6.45) is 1.56. The third-order valence-corrected chi connectivity index (χ3v) is 4.34. The van der Waals surface area contributed by atoms with Crippen molar-refractivity contribution in [1.29, 1.82) is 0 Å². The molecule has 1 aliphatic rings. The topological polar surface area (TPSA) is 66.8 Å². The van der Waals surface area contributed by atoms with Gasteiger partial charge in [-0.1, -0.05) is 48.5 Å². The van der Waals surface area contributed by atoms with E-state index in [2.05, 4.69) is 6.58 Å². The predicted molar refractivity (Wildman–Crippen MR) is 98.6 cm³/mol. The van der Waals surface area contributed by atoms with E-state index >= 15 is 0 Å². The molecule has 1 saturated heterocycles. The first-order valence-corrected chi connectivity index (χ1v) is 8.17. The first kappa shape index (κ1) is 17.5. The molecule has 5 nitrogen and oxygen atoms in total. The number of hydrogen-bond donors (Lipinski definition) is 1. The number of Topliss-reactive ketones (excluding diaryl/α,β-unsaturated/α-hetero) is 1. The van der Waals surface area contributed by atoms with Gasteiger partial charge in [0.2, 0.25) is 0 Å². The number of nitrogens with zero attached hydrogens (tertiary/aromatic N) is 1. The zero-order valence-electron chi connectivity index (χ0n) is 14.4. The van der Waals surface area contributed by atoms with E-state index in [4.69, 9.17) is 4.74 Å². The Balaban J connectivity index is 2.17. The van der Waals surface area contributed by atoms with Crippen molar-refractivity contribution < 1.29 is 19.4 Å². The van der Waals surface area contributed by atoms with Gasteiger partial charge in [0.1, 0.15) is 11.5 Å². The molecule has 0 aromatic heterocycles.